The van der Waals surface area contributed by atoms with E-state index in [0.717, 1.165) is 5.56 Å². The third-order valence-corrected chi connectivity index (χ3v) is 3.71. The molecular formula is C15H17FN4O. The number of rotatable bonds is 3. The normalized spacial score (nSPS) is 22.6. The summed E-state index contributed by atoms with van der Waals surface area (Å²) in [5.41, 5.74) is 6.65. The molecule has 2 atom stereocenters. The van der Waals surface area contributed by atoms with E-state index in [2.05, 4.69) is 14.9 Å². The molecule has 3 rings (SSSR count). The molecule has 1 aliphatic heterocycles. The first kappa shape index (κ1) is 13.9. The topological polar surface area (TPSA) is 75.3 Å². The summed E-state index contributed by atoms with van der Waals surface area (Å²) >= 11 is 0. The maximum Gasteiger partial charge on any atom is 0.144 e. The summed E-state index contributed by atoms with van der Waals surface area (Å²) in [7, 11) is 0. The number of hydrogen-bond acceptors (Lipinski definition) is 5. The number of β-amino-alcohol motifs (C(OH)–C–C–N with tert-alkyl or cyclic N) is 1. The monoisotopic (exact) mass is 288 g/mol. The summed E-state index contributed by atoms with van der Waals surface area (Å²) < 4.78 is 13.0. The van der Waals surface area contributed by atoms with Crippen molar-refractivity contribution in [1.29, 1.82) is 0 Å². The SMILES string of the molecule is Nc1ccnc(CN2C[C@H](O)C[C@@H]2c2ccc(F)cc2)n1. The lowest BCUT2D eigenvalue weighted by molar-refractivity contribution is 0.171. The number of aliphatic hydroxyl groups is 1. The predicted octanol–water partition coefficient (Wildman–Crippen LogP) is 1.51. The second kappa shape index (κ2) is 5.75. The number of likely N-dealkylation sites (tertiary alicyclic amines) is 1. The Bertz CT molecular complexity index is 619. The largest absolute Gasteiger partial charge is 0.392 e. The van der Waals surface area contributed by atoms with Gasteiger partial charge in [-0.3, -0.25) is 4.90 Å². The van der Waals surface area contributed by atoms with E-state index in [4.69, 9.17) is 5.73 Å². The standard InChI is InChI=1S/C15H17FN4O/c16-11-3-1-10(2-4-11)13-7-12(21)8-20(13)9-15-18-6-5-14(17)19-15/h1-6,12-13,21H,7-9H2,(H2,17,18,19)/t12-,13-/m1/s1. The van der Waals surface area contributed by atoms with Crippen molar-refractivity contribution >= 4 is 5.82 Å². The average molecular weight is 288 g/mol. The van der Waals surface area contributed by atoms with Crippen LogP contribution in [0.25, 0.3) is 0 Å². The number of nitrogen functional groups attached to an aromatic ring is 1. The van der Waals surface area contributed by atoms with E-state index in [0.29, 0.717) is 31.2 Å². The third kappa shape index (κ3) is 3.17. The fourth-order valence-electron chi connectivity index (χ4n) is 2.76. The number of hydrogen-bond donors (Lipinski definition) is 2. The minimum Gasteiger partial charge on any atom is -0.392 e. The number of aromatic nitrogens is 2. The molecule has 110 valence electrons. The van der Waals surface area contributed by atoms with Crippen molar-refractivity contribution < 1.29 is 9.50 Å². The molecule has 3 N–H and O–H groups in total. The molecule has 2 aromatic rings. The van der Waals surface area contributed by atoms with Gasteiger partial charge in [0.1, 0.15) is 17.5 Å². The summed E-state index contributed by atoms with van der Waals surface area (Å²) in [5, 5.41) is 9.94. The molecular weight excluding hydrogens is 271 g/mol. The van der Waals surface area contributed by atoms with Crippen LogP contribution in [0.2, 0.25) is 0 Å². The second-order valence-corrected chi connectivity index (χ2v) is 5.28. The zero-order valence-corrected chi connectivity index (χ0v) is 11.5. The fraction of sp³-hybridized carbons (Fsp3) is 0.333. The van der Waals surface area contributed by atoms with Crippen LogP contribution in [0, 0.1) is 5.82 Å². The number of halogens is 1. The number of nitrogens with zero attached hydrogens (tertiary/aromatic N) is 3. The maximum absolute atomic E-state index is 13.0. The molecule has 1 saturated heterocycles. The molecule has 0 spiro atoms. The number of benzene rings is 1. The summed E-state index contributed by atoms with van der Waals surface area (Å²) in [4.78, 5) is 10.5. The Morgan fingerprint density at radius 3 is 2.76 bits per heavy atom. The van der Waals surface area contributed by atoms with Crippen LogP contribution in [0.15, 0.2) is 36.5 Å². The highest BCUT2D eigenvalue weighted by Crippen LogP contribution is 2.33. The van der Waals surface area contributed by atoms with Gasteiger partial charge in [-0.1, -0.05) is 12.1 Å². The Labute approximate surface area is 122 Å². The first-order valence-corrected chi connectivity index (χ1v) is 6.87. The molecule has 0 bridgehead atoms. The van der Waals surface area contributed by atoms with E-state index in [1.54, 1.807) is 24.4 Å². The summed E-state index contributed by atoms with van der Waals surface area (Å²) in [6, 6.07) is 8.06. The highest BCUT2D eigenvalue weighted by atomic mass is 19.1. The molecule has 0 radical (unpaired) electrons. The van der Waals surface area contributed by atoms with Crippen molar-refractivity contribution in [1.82, 2.24) is 14.9 Å². The molecule has 1 aliphatic rings. The Hall–Kier alpha value is -2.05. The molecule has 0 unspecified atom stereocenters. The summed E-state index contributed by atoms with van der Waals surface area (Å²) in [6.45, 7) is 1.05. The van der Waals surface area contributed by atoms with Crippen molar-refractivity contribution in [2.45, 2.75) is 25.1 Å². The minimum atomic E-state index is -0.402. The zero-order valence-electron chi connectivity index (χ0n) is 11.5. The van der Waals surface area contributed by atoms with Crippen molar-refractivity contribution in [3.8, 4) is 0 Å². The predicted molar refractivity (Wildman–Crippen MR) is 76.6 cm³/mol. The lowest BCUT2D eigenvalue weighted by Gasteiger charge is -2.23. The van der Waals surface area contributed by atoms with Crippen LogP contribution in [0.4, 0.5) is 10.2 Å². The van der Waals surface area contributed by atoms with Crippen molar-refractivity contribution in [3.05, 3.63) is 53.7 Å². The lowest BCUT2D eigenvalue weighted by atomic mass is 10.0. The maximum atomic E-state index is 13.0. The van der Waals surface area contributed by atoms with E-state index in [-0.39, 0.29) is 11.9 Å². The molecule has 2 heterocycles. The first-order valence-electron chi connectivity index (χ1n) is 6.87. The van der Waals surface area contributed by atoms with Crippen LogP contribution in [0.3, 0.4) is 0 Å². The van der Waals surface area contributed by atoms with E-state index in [1.165, 1.54) is 12.1 Å². The minimum absolute atomic E-state index is 0.0330. The van der Waals surface area contributed by atoms with Gasteiger partial charge in [-0.2, -0.15) is 0 Å². The van der Waals surface area contributed by atoms with E-state index < -0.39 is 6.10 Å². The third-order valence-electron chi connectivity index (χ3n) is 3.71. The Kier molecular flexibility index (Phi) is 3.81. The highest BCUT2D eigenvalue weighted by molar-refractivity contribution is 5.25. The quantitative estimate of drug-likeness (QED) is 0.895. The second-order valence-electron chi connectivity index (χ2n) is 5.28. The van der Waals surface area contributed by atoms with Gasteiger partial charge in [0.05, 0.1) is 12.6 Å². The molecule has 21 heavy (non-hydrogen) atoms. The van der Waals surface area contributed by atoms with Crippen LogP contribution >= 0.6 is 0 Å². The lowest BCUT2D eigenvalue weighted by Crippen LogP contribution is -2.25. The van der Waals surface area contributed by atoms with Crippen LogP contribution < -0.4 is 5.73 Å². The molecule has 5 nitrogen and oxygen atoms in total. The molecule has 0 saturated carbocycles. The molecule has 0 amide bonds. The molecule has 1 aromatic carbocycles. The number of nitrogens with two attached hydrogens (primary N) is 1. The van der Waals surface area contributed by atoms with E-state index in [9.17, 15) is 9.50 Å². The first-order chi connectivity index (χ1) is 10.1. The smallest absolute Gasteiger partial charge is 0.144 e. The van der Waals surface area contributed by atoms with E-state index >= 15 is 0 Å². The van der Waals surface area contributed by atoms with Crippen LogP contribution in [0.1, 0.15) is 23.9 Å². The van der Waals surface area contributed by atoms with Gasteiger partial charge in [0, 0.05) is 18.8 Å². The fourth-order valence-corrected chi connectivity index (χ4v) is 2.76. The summed E-state index contributed by atoms with van der Waals surface area (Å²) in [6.07, 6.45) is 1.84. The molecule has 6 heteroatoms. The van der Waals surface area contributed by atoms with Gasteiger partial charge >= 0.3 is 0 Å². The van der Waals surface area contributed by atoms with Crippen LogP contribution in [0.5, 0.6) is 0 Å². The molecule has 1 aromatic heterocycles. The Morgan fingerprint density at radius 2 is 2.05 bits per heavy atom. The zero-order chi connectivity index (χ0) is 14.8. The molecule has 0 aliphatic carbocycles. The van der Waals surface area contributed by atoms with Crippen molar-refractivity contribution in [2.24, 2.45) is 0 Å². The Balaban J connectivity index is 1.80. The van der Waals surface area contributed by atoms with Crippen LogP contribution in [-0.4, -0.2) is 32.6 Å². The van der Waals surface area contributed by atoms with E-state index in [1.807, 2.05) is 0 Å². The van der Waals surface area contributed by atoms with Gasteiger partial charge in [0.15, 0.2) is 0 Å². The van der Waals surface area contributed by atoms with Gasteiger partial charge in [-0.05, 0) is 30.2 Å². The summed E-state index contributed by atoms with van der Waals surface area (Å²) in [5.74, 6) is 0.789. The Morgan fingerprint density at radius 1 is 1.29 bits per heavy atom. The van der Waals surface area contributed by atoms with Gasteiger partial charge in [-0.25, -0.2) is 14.4 Å². The van der Waals surface area contributed by atoms with Gasteiger partial charge in [0.2, 0.25) is 0 Å². The number of anilines is 1. The van der Waals surface area contributed by atoms with Gasteiger partial charge in [0.25, 0.3) is 0 Å². The average Bonchev–Trinajstić information content (AvgIpc) is 2.80. The van der Waals surface area contributed by atoms with Gasteiger partial charge < -0.3 is 10.8 Å². The van der Waals surface area contributed by atoms with Gasteiger partial charge in [-0.15, -0.1) is 0 Å². The van der Waals surface area contributed by atoms with Crippen molar-refractivity contribution in [3.63, 3.8) is 0 Å². The number of aliphatic hydroxyl groups excluding tert-OH is 1. The highest BCUT2D eigenvalue weighted by Gasteiger charge is 2.32. The molecule has 1 fully saturated rings. The van der Waals surface area contributed by atoms with Crippen LogP contribution in [-0.2, 0) is 6.54 Å². The van der Waals surface area contributed by atoms with Crippen molar-refractivity contribution in [2.75, 3.05) is 12.3 Å².